The Morgan fingerprint density at radius 2 is 2.11 bits per heavy atom. The van der Waals surface area contributed by atoms with Crippen LogP contribution in [0.25, 0.3) is 0 Å². The van der Waals surface area contributed by atoms with Gasteiger partial charge in [-0.05, 0) is 31.0 Å². The zero-order valence-electron chi connectivity index (χ0n) is 10.6. The number of carbonyl (C=O) groups is 1. The number of aryl methyl sites for hydroxylation is 1. The molecule has 2 aromatic rings. The van der Waals surface area contributed by atoms with Crippen molar-refractivity contribution >= 4 is 17.2 Å². The van der Waals surface area contributed by atoms with Gasteiger partial charge in [0.15, 0.2) is 0 Å². The van der Waals surface area contributed by atoms with Crippen LogP contribution in [0.3, 0.4) is 0 Å². The van der Waals surface area contributed by atoms with Crippen molar-refractivity contribution in [1.29, 1.82) is 0 Å². The lowest BCUT2D eigenvalue weighted by molar-refractivity contribution is -0.120. The molecule has 0 spiro atoms. The highest BCUT2D eigenvalue weighted by molar-refractivity contribution is 7.09. The van der Waals surface area contributed by atoms with E-state index in [1.807, 2.05) is 6.92 Å². The maximum Gasteiger partial charge on any atom is 0.225 e. The van der Waals surface area contributed by atoms with Crippen molar-refractivity contribution in [2.75, 3.05) is 6.54 Å². The van der Waals surface area contributed by atoms with E-state index in [2.05, 4.69) is 10.3 Å². The summed E-state index contributed by atoms with van der Waals surface area (Å²) in [5.74, 6) is -0.247. The highest BCUT2D eigenvalue weighted by Crippen LogP contribution is 2.12. The number of hydrogen-bond acceptors (Lipinski definition) is 3. The summed E-state index contributed by atoms with van der Waals surface area (Å²) < 4.78 is 12.7. The molecule has 1 aromatic heterocycles. The SMILES string of the molecule is Cc1ncsc1CC(=O)NCCc1ccc(F)cc1. The number of hydrogen-bond donors (Lipinski definition) is 1. The quantitative estimate of drug-likeness (QED) is 0.913. The van der Waals surface area contributed by atoms with Crippen molar-refractivity contribution in [3.63, 3.8) is 0 Å². The van der Waals surface area contributed by atoms with Crippen molar-refractivity contribution < 1.29 is 9.18 Å². The Balaban J connectivity index is 1.75. The van der Waals surface area contributed by atoms with Gasteiger partial charge >= 0.3 is 0 Å². The number of rotatable bonds is 5. The van der Waals surface area contributed by atoms with Gasteiger partial charge in [0.2, 0.25) is 5.91 Å². The summed E-state index contributed by atoms with van der Waals surface area (Å²) in [6.45, 7) is 2.46. The molecular formula is C14H15FN2OS. The Labute approximate surface area is 115 Å². The van der Waals surface area contributed by atoms with Crippen LogP contribution in [0.5, 0.6) is 0 Å². The van der Waals surface area contributed by atoms with E-state index in [4.69, 9.17) is 0 Å². The Bertz CT molecular complexity index is 551. The largest absolute Gasteiger partial charge is 0.355 e. The smallest absolute Gasteiger partial charge is 0.225 e. The van der Waals surface area contributed by atoms with Crippen LogP contribution in [0.4, 0.5) is 4.39 Å². The summed E-state index contributed by atoms with van der Waals surface area (Å²) >= 11 is 1.50. The van der Waals surface area contributed by atoms with Gasteiger partial charge in [0.1, 0.15) is 5.82 Å². The minimum atomic E-state index is -0.242. The number of halogens is 1. The van der Waals surface area contributed by atoms with Gasteiger partial charge in [-0.1, -0.05) is 12.1 Å². The number of thiazole rings is 1. The third-order valence-electron chi connectivity index (χ3n) is 2.82. The van der Waals surface area contributed by atoms with Crippen molar-refractivity contribution in [2.45, 2.75) is 19.8 Å². The van der Waals surface area contributed by atoms with Gasteiger partial charge in [0, 0.05) is 11.4 Å². The molecular weight excluding hydrogens is 263 g/mol. The highest BCUT2D eigenvalue weighted by atomic mass is 32.1. The maximum atomic E-state index is 12.7. The van der Waals surface area contributed by atoms with Crippen LogP contribution in [-0.4, -0.2) is 17.4 Å². The third kappa shape index (κ3) is 4.13. The van der Waals surface area contributed by atoms with E-state index in [1.54, 1.807) is 17.6 Å². The molecule has 1 heterocycles. The number of nitrogens with zero attached hydrogens (tertiary/aromatic N) is 1. The molecule has 1 aromatic carbocycles. The summed E-state index contributed by atoms with van der Waals surface area (Å²) in [5, 5.41) is 2.86. The summed E-state index contributed by atoms with van der Waals surface area (Å²) in [7, 11) is 0. The van der Waals surface area contributed by atoms with Crippen LogP contribution < -0.4 is 5.32 Å². The molecule has 0 aliphatic carbocycles. The second-order valence-corrected chi connectivity index (χ2v) is 5.20. The average Bonchev–Trinajstić information content (AvgIpc) is 2.78. The first-order chi connectivity index (χ1) is 9.15. The maximum absolute atomic E-state index is 12.7. The number of nitrogens with one attached hydrogen (secondary N) is 1. The molecule has 1 N–H and O–H groups in total. The van der Waals surface area contributed by atoms with E-state index in [0.717, 1.165) is 16.1 Å². The monoisotopic (exact) mass is 278 g/mol. The van der Waals surface area contributed by atoms with Crippen molar-refractivity contribution in [1.82, 2.24) is 10.3 Å². The fraction of sp³-hybridized carbons (Fsp3) is 0.286. The van der Waals surface area contributed by atoms with E-state index < -0.39 is 0 Å². The van der Waals surface area contributed by atoms with E-state index in [1.165, 1.54) is 23.5 Å². The zero-order valence-corrected chi connectivity index (χ0v) is 11.5. The van der Waals surface area contributed by atoms with Crippen LogP contribution in [0.15, 0.2) is 29.8 Å². The standard InChI is InChI=1S/C14H15FN2OS/c1-10-13(19-9-17-10)8-14(18)16-7-6-11-2-4-12(15)5-3-11/h2-5,9H,6-8H2,1H3,(H,16,18). The molecule has 0 fully saturated rings. The highest BCUT2D eigenvalue weighted by Gasteiger charge is 2.07. The van der Waals surface area contributed by atoms with Gasteiger partial charge in [-0.15, -0.1) is 11.3 Å². The summed E-state index contributed by atoms with van der Waals surface area (Å²) in [5.41, 5.74) is 3.67. The van der Waals surface area contributed by atoms with Crippen molar-refractivity contribution in [2.24, 2.45) is 0 Å². The molecule has 3 nitrogen and oxygen atoms in total. The molecule has 0 bridgehead atoms. The van der Waals surface area contributed by atoms with E-state index in [-0.39, 0.29) is 11.7 Å². The van der Waals surface area contributed by atoms with Crippen LogP contribution in [0, 0.1) is 12.7 Å². The van der Waals surface area contributed by atoms with Gasteiger partial charge < -0.3 is 5.32 Å². The summed E-state index contributed by atoms with van der Waals surface area (Å²) in [6.07, 6.45) is 1.08. The molecule has 0 unspecified atom stereocenters. The second-order valence-electron chi connectivity index (χ2n) is 4.26. The van der Waals surface area contributed by atoms with Crippen LogP contribution >= 0.6 is 11.3 Å². The molecule has 0 aliphatic heterocycles. The normalized spacial score (nSPS) is 10.4. The molecule has 0 atom stereocenters. The first-order valence-electron chi connectivity index (χ1n) is 6.05. The Kier molecular flexibility index (Phi) is 4.63. The molecule has 19 heavy (non-hydrogen) atoms. The van der Waals surface area contributed by atoms with Gasteiger partial charge in [-0.25, -0.2) is 9.37 Å². The second kappa shape index (κ2) is 6.43. The van der Waals surface area contributed by atoms with Gasteiger partial charge in [0.25, 0.3) is 0 Å². The fourth-order valence-electron chi connectivity index (χ4n) is 1.70. The van der Waals surface area contributed by atoms with E-state index >= 15 is 0 Å². The predicted octanol–water partition coefficient (Wildman–Crippen LogP) is 2.49. The number of amides is 1. The Morgan fingerprint density at radius 1 is 1.37 bits per heavy atom. The lowest BCUT2D eigenvalue weighted by atomic mass is 10.1. The predicted molar refractivity (Wildman–Crippen MR) is 73.7 cm³/mol. The summed E-state index contributed by atoms with van der Waals surface area (Å²) in [4.78, 5) is 16.8. The van der Waals surface area contributed by atoms with Gasteiger partial charge in [0.05, 0.1) is 17.6 Å². The Morgan fingerprint density at radius 3 is 2.74 bits per heavy atom. The van der Waals surface area contributed by atoms with Crippen LogP contribution in [0.2, 0.25) is 0 Å². The number of benzene rings is 1. The van der Waals surface area contributed by atoms with Gasteiger partial charge in [-0.3, -0.25) is 4.79 Å². The first kappa shape index (κ1) is 13.7. The molecule has 1 amide bonds. The summed E-state index contributed by atoms with van der Waals surface area (Å²) in [6, 6.07) is 6.32. The third-order valence-corrected chi connectivity index (χ3v) is 3.75. The van der Waals surface area contributed by atoms with Crippen molar-refractivity contribution in [3.8, 4) is 0 Å². The average molecular weight is 278 g/mol. The molecule has 0 aliphatic rings. The van der Waals surface area contributed by atoms with E-state index in [0.29, 0.717) is 19.4 Å². The molecule has 100 valence electrons. The van der Waals surface area contributed by atoms with E-state index in [9.17, 15) is 9.18 Å². The molecule has 2 rings (SSSR count). The number of carbonyl (C=O) groups excluding carboxylic acids is 1. The van der Waals surface area contributed by atoms with Crippen LogP contribution in [0.1, 0.15) is 16.1 Å². The minimum absolute atomic E-state index is 0.00513. The molecule has 0 saturated heterocycles. The van der Waals surface area contributed by atoms with Crippen LogP contribution in [-0.2, 0) is 17.6 Å². The fourth-order valence-corrected chi connectivity index (χ4v) is 2.48. The lowest BCUT2D eigenvalue weighted by Crippen LogP contribution is -2.27. The van der Waals surface area contributed by atoms with Crippen molar-refractivity contribution in [3.05, 3.63) is 51.7 Å². The lowest BCUT2D eigenvalue weighted by Gasteiger charge is -2.05. The minimum Gasteiger partial charge on any atom is -0.355 e. The molecule has 5 heteroatoms. The molecule has 0 saturated carbocycles. The topological polar surface area (TPSA) is 42.0 Å². The molecule has 0 radical (unpaired) electrons. The Hall–Kier alpha value is -1.75. The van der Waals surface area contributed by atoms with Gasteiger partial charge in [-0.2, -0.15) is 0 Å². The number of aromatic nitrogens is 1. The zero-order chi connectivity index (χ0) is 13.7. The first-order valence-corrected chi connectivity index (χ1v) is 6.93.